The first-order valence-corrected chi connectivity index (χ1v) is 7.94. The van der Waals surface area contributed by atoms with Gasteiger partial charge in [0.1, 0.15) is 5.75 Å². The van der Waals surface area contributed by atoms with E-state index >= 15 is 0 Å². The lowest BCUT2D eigenvalue weighted by Crippen LogP contribution is -2.44. The highest BCUT2D eigenvalue weighted by Crippen LogP contribution is 2.21. The van der Waals surface area contributed by atoms with E-state index in [-0.39, 0.29) is 12.1 Å². The highest BCUT2D eigenvalue weighted by molar-refractivity contribution is 5.74. The van der Waals surface area contributed by atoms with Crippen LogP contribution in [-0.2, 0) is 4.74 Å². The fourth-order valence-electron chi connectivity index (χ4n) is 2.85. The first-order chi connectivity index (χ1) is 10.7. The highest BCUT2D eigenvalue weighted by atomic mass is 16.5. The van der Waals surface area contributed by atoms with Gasteiger partial charge in [-0.05, 0) is 30.5 Å². The maximum Gasteiger partial charge on any atom is 0.315 e. The van der Waals surface area contributed by atoms with Crippen LogP contribution in [0.5, 0.6) is 5.75 Å². The molecule has 5 nitrogen and oxygen atoms in total. The Balaban J connectivity index is 1.83. The van der Waals surface area contributed by atoms with Gasteiger partial charge in [-0.15, -0.1) is 0 Å². The molecule has 0 bridgehead atoms. The molecule has 0 spiro atoms. The number of carbonyl (C=O) groups excluding carboxylic acids is 1. The molecule has 5 heteroatoms. The number of urea groups is 1. The van der Waals surface area contributed by atoms with Crippen molar-refractivity contribution in [2.45, 2.75) is 44.2 Å². The van der Waals surface area contributed by atoms with Crippen molar-refractivity contribution >= 4 is 6.03 Å². The Hall–Kier alpha value is -1.75. The molecule has 1 atom stereocenters. The van der Waals surface area contributed by atoms with E-state index in [4.69, 9.17) is 9.47 Å². The molecule has 1 aliphatic carbocycles. The van der Waals surface area contributed by atoms with Crippen molar-refractivity contribution in [1.29, 1.82) is 0 Å². The van der Waals surface area contributed by atoms with Gasteiger partial charge < -0.3 is 20.1 Å². The quantitative estimate of drug-likeness (QED) is 0.849. The number of carbonyl (C=O) groups is 1. The smallest absolute Gasteiger partial charge is 0.315 e. The van der Waals surface area contributed by atoms with Gasteiger partial charge >= 0.3 is 6.03 Å². The molecule has 0 radical (unpaired) electrons. The molecule has 22 heavy (non-hydrogen) atoms. The summed E-state index contributed by atoms with van der Waals surface area (Å²) in [7, 11) is 3.28. The maximum atomic E-state index is 12.0. The zero-order chi connectivity index (χ0) is 15.8. The van der Waals surface area contributed by atoms with Crippen LogP contribution in [0.2, 0.25) is 0 Å². The molecule has 1 saturated carbocycles. The Morgan fingerprint density at radius 2 is 2.05 bits per heavy atom. The van der Waals surface area contributed by atoms with Crippen LogP contribution in [0, 0.1) is 0 Å². The fourth-order valence-corrected chi connectivity index (χ4v) is 2.85. The minimum atomic E-state index is -0.188. The number of nitrogens with one attached hydrogen (secondary N) is 2. The van der Waals surface area contributed by atoms with Crippen LogP contribution >= 0.6 is 0 Å². The molecule has 1 aliphatic rings. The van der Waals surface area contributed by atoms with Crippen LogP contribution in [0.25, 0.3) is 0 Å². The molecule has 0 aromatic heterocycles. The zero-order valence-electron chi connectivity index (χ0n) is 13.4. The van der Waals surface area contributed by atoms with Crippen LogP contribution in [0.4, 0.5) is 4.79 Å². The maximum absolute atomic E-state index is 12.0. The van der Waals surface area contributed by atoms with Crippen molar-refractivity contribution in [3.63, 3.8) is 0 Å². The van der Waals surface area contributed by atoms with Crippen LogP contribution in [0.1, 0.15) is 43.8 Å². The van der Waals surface area contributed by atoms with E-state index in [1.54, 1.807) is 14.2 Å². The topological polar surface area (TPSA) is 59.6 Å². The standard InChI is InChI=1S/C17H26N2O3/c1-21-15-10-6-7-13(11-15)16(22-2)12-18-17(20)19-14-8-4-3-5-9-14/h6-7,10-11,14,16H,3-5,8-9,12H2,1-2H3,(H2,18,19,20). The first kappa shape index (κ1) is 16.6. The number of amides is 2. The molecule has 0 saturated heterocycles. The molecule has 122 valence electrons. The Bertz CT molecular complexity index is 473. The summed E-state index contributed by atoms with van der Waals surface area (Å²) in [5, 5.41) is 5.94. The van der Waals surface area contributed by atoms with Crippen LogP contribution in [-0.4, -0.2) is 32.8 Å². The lowest BCUT2D eigenvalue weighted by molar-refractivity contribution is 0.103. The van der Waals surface area contributed by atoms with Crippen LogP contribution in [0.3, 0.4) is 0 Å². The van der Waals surface area contributed by atoms with Crippen molar-refractivity contribution in [2.75, 3.05) is 20.8 Å². The van der Waals surface area contributed by atoms with E-state index in [0.29, 0.717) is 12.6 Å². The Morgan fingerprint density at radius 1 is 1.27 bits per heavy atom. The first-order valence-electron chi connectivity index (χ1n) is 7.94. The monoisotopic (exact) mass is 306 g/mol. The summed E-state index contributed by atoms with van der Waals surface area (Å²) < 4.78 is 10.7. The van der Waals surface area contributed by atoms with Crippen molar-refractivity contribution in [3.05, 3.63) is 29.8 Å². The summed E-state index contributed by atoms with van der Waals surface area (Å²) in [4.78, 5) is 12.0. The predicted molar refractivity (Wildman–Crippen MR) is 86.2 cm³/mol. The minimum Gasteiger partial charge on any atom is -0.497 e. The minimum absolute atomic E-state index is 0.114. The van der Waals surface area contributed by atoms with Gasteiger partial charge in [-0.1, -0.05) is 31.4 Å². The second-order valence-corrected chi connectivity index (χ2v) is 5.69. The third-order valence-corrected chi connectivity index (χ3v) is 4.14. The summed E-state index contributed by atoms with van der Waals surface area (Å²) in [6.07, 6.45) is 5.66. The molecular weight excluding hydrogens is 280 g/mol. The summed E-state index contributed by atoms with van der Waals surface area (Å²) in [5.41, 5.74) is 0.986. The summed E-state index contributed by atoms with van der Waals surface area (Å²) in [6.45, 7) is 0.433. The third-order valence-electron chi connectivity index (χ3n) is 4.14. The molecule has 1 aromatic carbocycles. The van der Waals surface area contributed by atoms with Gasteiger partial charge in [0, 0.05) is 19.7 Å². The number of methoxy groups -OCH3 is 2. The van der Waals surface area contributed by atoms with Gasteiger partial charge in [0.2, 0.25) is 0 Å². The fraction of sp³-hybridized carbons (Fsp3) is 0.588. The molecule has 2 N–H and O–H groups in total. The van der Waals surface area contributed by atoms with Crippen molar-refractivity contribution in [3.8, 4) is 5.75 Å². The van der Waals surface area contributed by atoms with Crippen LogP contribution in [0.15, 0.2) is 24.3 Å². The van der Waals surface area contributed by atoms with Crippen molar-refractivity contribution in [2.24, 2.45) is 0 Å². The second-order valence-electron chi connectivity index (χ2n) is 5.69. The molecule has 1 aromatic rings. The van der Waals surface area contributed by atoms with Crippen molar-refractivity contribution in [1.82, 2.24) is 10.6 Å². The number of rotatable bonds is 6. The largest absolute Gasteiger partial charge is 0.497 e. The number of benzene rings is 1. The molecule has 0 aliphatic heterocycles. The lowest BCUT2D eigenvalue weighted by Gasteiger charge is -2.24. The third kappa shape index (κ3) is 4.91. The molecule has 1 fully saturated rings. The van der Waals surface area contributed by atoms with Crippen molar-refractivity contribution < 1.29 is 14.3 Å². The average Bonchev–Trinajstić information content (AvgIpc) is 2.56. The number of ether oxygens (including phenoxy) is 2. The van der Waals surface area contributed by atoms with Gasteiger partial charge in [-0.2, -0.15) is 0 Å². The van der Waals surface area contributed by atoms with E-state index in [9.17, 15) is 4.79 Å². The zero-order valence-corrected chi connectivity index (χ0v) is 13.4. The van der Waals surface area contributed by atoms with E-state index in [0.717, 1.165) is 24.2 Å². The van der Waals surface area contributed by atoms with Gasteiger partial charge in [0.05, 0.1) is 13.2 Å². The summed E-state index contributed by atoms with van der Waals surface area (Å²) >= 11 is 0. The lowest BCUT2D eigenvalue weighted by atomic mass is 9.96. The second kappa shape index (κ2) is 8.63. The van der Waals surface area contributed by atoms with E-state index < -0.39 is 0 Å². The summed E-state index contributed by atoms with van der Waals surface area (Å²) in [5.74, 6) is 0.784. The average molecular weight is 306 g/mol. The van der Waals surface area contributed by atoms with Gasteiger partial charge in [-0.3, -0.25) is 0 Å². The molecule has 0 heterocycles. The van der Waals surface area contributed by atoms with Gasteiger partial charge in [0.15, 0.2) is 0 Å². The van der Waals surface area contributed by atoms with E-state index in [1.165, 1.54) is 19.3 Å². The normalized spacial score (nSPS) is 16.8. The van der Waals surface area contributed by atoms with Crippen LogP contribution < -0.4 is 15.4 Å². The molecular formula is C17H26N2O3. The number of hydrogen-bond acceptors (Lipinski definition) is 3. The Morgan fingerprint density at radius 3 is 2.73 bits per heavy atom. The van der Waals surface area contributed by atoms with Gasteiger partial charge in [-0.25, -0.2) is 4.79 Å². The SMILES string of the molecule is COc1cccc(C(CNC(=O)NC2CCCCC2)OC)c1. The predicted octanol–water partition coefficient (Wildman–Crippen LogP) is 3.01. The van der Waals surface area contributed by atoms with E-state index in [2.05, 4.69) is 10.6 Å². The Labute approximate surface area is 132 Å². The Kier molecular flexibility index (Phi) is 6.52. The molecule has 2 amide bonds. The number of hydrogen-bond donors (Lipinski definition) is 2. The highest BCUT2D eigenvalue weighted by Gasteiger charge is 2.17. The molecule has 2 rings (SSSR count). The van der Waals surface area contributed by atoms with Gasteiger partial charge in [0.25, 0.3) is 0 Å². The summed E-state index contributed by atoms with van der Waals surface area (Å²) in [6, 6.07) is 7.90. The molecule has 1 unspecified atom stereocenters. The van der Waals surface area contributed by atoms with E-state index in [1.807, 2.05) is 24.3 Å².